The first kappa shape index (κ1) is 59.3. The summed E-state index contributed by atoms with van der Waals surface area (Å²) in [5.41, 5.74) is 0. The molecule has 0 bridgehead atoms. The van der Waals surface area contributed by atoms with Crippen molar-refractivity contribution < 1.29 is 23.8 Å². The molecule has 0 saturated heterocycles. The molecule has 0 radical (unpaired) electrons. The second kappa shape index (κ2) is 52.7. The number of esters is 2. The van der Waals surface area contributed by atoms with Crippen molar-refractivity contribution in [2.45, 2.75) is 258 Å². The summed E-state index contributed by atoms with van der Waals surface area (Å²) in [7, 11) is 0. The molecule has 0 spiro atoms. The van der Waals surface area contributed by atoms with Crippen LogP contribution < -0.4 is 0 Å². The maximum absolute atomic E-state index is 12.8. The fraction of sp³-hybridized carbons (Fsp3) is 0.754. The summed E-state index contributed by atoms with van der Waals surface area (Å²) in [5, 5.41) is 0. The van der Waals surface area contributed by atoms with Gasteiger partial charge in [0.2, 0.25) is 0 Å². The molecule has 0 aliphatic heterocycles. The molecule has 5 nitrogen and oxygen atoms in total. The van der Waals surface area contributed by atoms with Gasteiger partial charge in [0.1, 0.15) is 6.61 Å². The van der Waals surface area contributed by atoms with Crippen LogP contribution in [0.2, 0.25) is 0 Å². The molecule has 0 aromatic carbocycles. The van der Waals surface area contributed by atoms with E-state index >= 15 is 0 Å². The highest BCUT2D eigenvalue weighted by Crippen LogP contribution is 2.13. The lowest BCUT2D eigenvalue weighted by molar-refractivity contribution is -0.163. The van der Waals surface area contributed by atoms with Gasteiger partial charge in [0.25, 0.3) is 0 Å². The van der Waals surface area contributed by atoms with E-state index in [0.717, 1.165) is 96.3 Å². The summed E-state index contributed by atoms with van der Waals surface area (Å²) in [5.74, 6) is -0.434. The third kappa shape index (κ3) is 50.0. The molecule has 0 aromatic rings. The van der Waals surface area contributed by atoms with Gasteiger partial charge in [-0.15, -0.1) is 0 Å². The lowest BCUT2D eigenvalue weighted by Crippen LogP contribution is -2.30. The van der Waals surface area contributed by atoms with Crippen molar-refractivity contribution in [1.82, 2.24) is 0 Å². The number of hydrogen-bond donors (Lipinski definition) is 0. The molecule has 5 heteroatoms. The van der Waals surface area contributed by atoms with Crippen LogP contribution in [0.15, 0.2) is 72.9 Å². The van der Waals surface area contributed by atoms with Crippen molar-refractivity contribution >= 4 is 11.9 Å². The fourth-order valence-corrected chi connectivity index (χ4v) is 7.25. The molecule has 0 heterocycles. The predicted molar refractivity (Wildman–Crippen MR) is 270 cm³/mol. The highest BCUT2D eigenvalue weighted by atomic mass is 16.6. The second-order valence-corrected chi connectivity index (χ2v) is 17.4. The van der Waals surface area contributed by atoms with Crippen molar-refractivity contribution in [2.24, 2.45) is 0 Å². The van der Waals surface area contributed by atoms with E-state index in [-0.39, 0.29) is 25.2 Å². The van der Waals surface area contributed by atoms with Gasteiger partial charge in [-0.05, 0) is 109 Å². The average molecular weight is 865 g/mol. The van der Waals surface area contributed by atoms with Crippen molar-refractivity contribution in [3.05, 3.63) is 72.9 Å². The first-order chi connectivity index (χ1) is 30.6. The minimum atomic E-state index is -0.555. The van der Waals surface area contributed by atoms with Gasteiger partial charge >= 0.3 is 11.9 Å². The van der Waals surface area contributed by atoms with Gasteiger partial charge in [-0.1, -0.05) is 203 Å². The van der Waals surface area contributed by atoms with Crippen LogP contribution in [0.25, 0.3) is 0 Å². The summed E-state index contributed by atoms with van der Waals surface area (Å²) in [6.07, 6.45) is 67.6. The number of carbonyl (C=O) groups excluding carboxylic acids is 2. The number of allylic oxidation sites excluding steroid dienone is 12. The number of carbonyl (C=O) groups is 2. The molecule has 1 unspecified atom stereocenters. The third-order valence-electron chi connectivity index (χ3n) is 11.2. The van der Waals surface area contributed by atoms with E-state index in [4.69, 9.17) is 14.2 Å². The van der Waals surface area contributed by atoms with E-state index in [1.807, 2.05) is 0 Å². The zero-order valence-electron chi connectivity index (χ0n) is 41.1. The molecule has 0 fully saturated rings. The van der Waals surface area contributed by atoms with Crippen LogP contribution in [0.3, 0.4) is 0 Å². The molecule has 358 valence electrons. The Bertz CT molecular complexity index is 1110. The molecule has 0 rings (SSSR count). The van der Waals surface area contributed by atoms with E-state index in [0.29, 0.717) is 19.4 Å². The van der Waals surface area contributed by atoms with Gasteiger partial charge in [0.15, 0.2) is 6.10 Å². The van der Waals surface area contributed by atoms with Gasteiger partial charge in [0, 0.05) is 19.4 Å². The zero-order valence-corrected chi connectivity index (χ0v) is 41.1. The molecule has 0 amide bonds. The summed E-state index contributed by atoms with van der Waals surface area (Å²) in [4.78, 5) is 25.4. The second-order valence-electron chi connectivity index (χ2n) is 17.4. The highest BCUT2D eigenvalue weighted by Gasteiger charge is 2.17. The lowest BCUT2D eigenvalue weighted by Gasteiger charge is -2.18. The summed E-state index contributed by atoms with van der Waals surface area (Å²) in [6, 6.07) is 0. The molecule has 0 aliphatic rings. The number of ether oxygens (including phenoxy) is 3. The van der Waals surface area contributed by atoms with Crippen LogP contribution >= 0.6 is 0 Å². The van der Waals surface area contributed by atoms with E-state index in [9.17, 15) is 9.59 Å². The Hall–Kier alpha value is -2.66. The Balaban J connectivity index is 4.32. The average Bonchev–Trinajstić information content (AvgIpc) is 3.27. The number of unbranched alkanes of at least 4 members (excludes halogenated alkanes) is 25. The normalized spacial score (nSPS) is 12.8. The first-order valence-electron chi connectivity index (χ1n) is 26.5. The Labute approximate surface area is 385 Å². The smallest absolute Gasteiger partial charge is 0.306 e. The Kier molecular flexibility index (Phi) is 50.4. The maximum Gasteiger partial charge on any atom is 0.306 e. The van der Waals surface area contributed by atoms with Gasteiger partial charge in [-0.2, -0.15) is 0 Å². The van der Waals surface area contributed by atoms with Gasteiger partial charge in [-0.25, -0.2) is 0 Å². The Morgan fingerprint density at radius 1 is 0.371 bits per heavy atom. The standard InChI is InChI=1S/C57H100O5/c1-4-7-10-13-16-19-22-25-27-29-30-33-35-38-41-44-47-50-56(58)61-54-55(62-57(59)51-48-45-42-39-36-32-24-21-18-15-12-9-6-3)53-60-52-49-46-43-40-37-34-31-28-26-23-20-17-14-11-8-5-2/h7,10,16,19,21,24-28,30,33,55H,4-6,8-9,11-15,17-18,20,22-23,29,31-32,34-54H2,1-3H3/b10-7-,19-16-,24-21-,27-25-,28-26-,33-30-. The molecular formula is C57H100O5. The molecular weight excluding hydrogens is 765 g/mol. The third-order valence-corrected chi connectivity index (χ3v) is 11.2. The van der Waals surface area contributed by atoms with Crippen molar-refractivity contribution in [1.29, 1.82) is 0 Å². The monoisotopic (exact) mass is 865 g/mol. The van der Waals surface area contributed by atoms with E-state index in [2.05, 4.69) is 93.7 Å². The van der Waals surface area contributed by atoms with Crippen LogP contribution in [0.4, 0.5) is 0 Å². The minimum absolute atomic E-state index is 0.0654. The van der Waals surface area contributed by atoms with Crippen LogP contribution in [0.1, 0.15) is 252 Å². The number of rotatable bonds is 48. The maximum atomic E-state index is 12.8. The van der Waals surface area contributed by atoms with Crippen LogP contribution in [-0.2, 0) is 23.8 Å². The van der Waals surface area contributed by atoms with Crippen LogP contribution in [0.5, 0.6) is 0 Å². The fourth-order valence-electron chi connectivity index (χ4n) is 7.25. The van der Waals surface area contributed by atoms with Crippen molar-refractivity contribution in [3.63, 3.8) is 0 Å². The van der Waals surface area contributed by atoms with Crippen molar-refractivity contribution in [3.8, 4) is 0 Å². The number of hydrogen-bond acceptors (Lipinski definition) is 5. The summed E-state index contributed by atoms with van der Waals surface area (Å²) >= 11 is 0. The molecule has 62 heavy (non-hydrogen) atoms. The minimum Gasteiger partial charge on any atom is -0.462 e. The van der Waals surface area contributed by atoms with E-state index < -0.39 is 6.10 Å². The summed E-state index contributed by atoms with van der Waals surface area (Å²) in [6.45, 7) is 7.66. The molecule has 0 aromatic heterocycles. The van der Waals surface area contributed by atoms with Crippen LogP contribution in [-0.4, -0.2) is 37.9 Å². The highest BCUT2D eigenvalue weighted by molar-refractivity contribution is 5.70. The first-order valence-corrected chi connectivity index (χ1v) is 26.5. The SMILES string of the molecule is CC/C=C\C/C=C\C/C=C\C/C=C\CCCCCCC(=O)OCC(COCCCCCCCC/C=C\CCCCCCCC)OC(=O)CCCCCCC/C=C\CCCCCC. The topological polar surface area (TPSA) is 61.8 Å². The summed E-state index contributed by atoms with van der Waals surface area (Å²) < 4.78 is 17.4. The van der Waals surface area contributed by atoms with Crippen LogP contribution in [0, 0.1) is 0 Å². The molecule has 0 aliphatic carbocycles. The van der Waals surface area contributed by atoms with Gasteiger partial charge in [-0.3, -0.25) is 9.59 Å². The van der Waals surface area contributed by atoms with Gasteiger partial charge < -0.3 is 14.2 Å². The zero-order chi connectivity index (χ0) is 44.9. The van der Waals surface area contributed by atoms with E-state index in [1.54, 1.807) is 0 Å². The quantitative estimate of drug-likeness (QED) is 0.0346. The van der Waals surface area contributed by atoms with Crippen molar-refractivity contribution in [2.75, 3.05) is 19.8 Å². The Morgan fingerprint density at radius 2 is 0.726 bits per heavy atom. The van der Waals surface area contributed by atoms with E-state index in [1.165, 1.54) is 122 Å². The molecule has 0 N–H and O–H groups in total. The Morgan fingerprint density at radius 3 is 1.19 bits per heavy atom. The largest absolute Gasteiger partial charge is 0.462 e. The molecule has 0 saturated carbocycles. The van der Waals surface area contributed by atoms with Gasteiger partial charge in [0.05, 0.1) is 6.61 Å². The predicted octanol–water partition coefficient (Wildman–Crippen LogP) is 17.9. The molecule has 1 atom stereocenters. The lowest BCUT2D eigenvalue weighted by atomic mass is 10.1.